The standard InChI is InChI=1S/C14H22BrN3O2/c1-20-8-4-2-3-7-16-12-9-17-18(10-11-5-6-11)14(19)13(12)15/h9,11,16H,2-8,10H2,1H3. The zero-order chi connectivity index (χ0) is 14.4. The van der Waals surface area contributed by atoms with Gasteiger partial charge in [0.05, 0.1) is 11.9 Å². The van der Waals surface area contributed by atoms with Crippen LogP contribution in [0.15, 0.2) is 15.5 Å². The van der Waals surface area contributed by atoms with E-state index in [4.69, 9.17) is 4.74 Å². The minimum absolute atomic E-state index is 0.0405. The van der Waals surface area contributed by atoms with Crippen LogP contribution in [0.1, 0.15) is 32.1 Å². The first kappa shape index (κ1) is 15.5. The molecule has 1 fully saturated rings. The molecular weight excluding hydrogens is 322 g/mol. The van der Waals surface area contributed by atoms with E-state index in [1.807, 2.05) is 0 Å². The Kier molecular flexibility index (Phi) is 6.04. The van der Waals surface area contributed by atoms with Gasteiger partial charge >= 0.3 is 0 Å². The summed E-state index contributed by atoms with van der Waals surface area (Å²) in [5, 5.41) is 7.50. The molecule has 2 rings (SSSR count). The van der Waals surface area contributed by atoms with Gasteiger partial charge in [-0.2, -0.15) is 5.10 Å². The van der Waals surface area contributed by atoms with Gasteiger partial charge in [-0.1, -0.05) is 0 Å². The first-order chi connectivity index (χ1) is 9.72. The van der Waals surface area contributed by atoms with Crippen molar-refractivity contribution in [1.82, 2.24) is 9.78 Å². The number of aromatic nitrogens is 2. The van der Waals surface area contributed by atoms with Gasteiger partial charge < -0.3 is 10.1 Å². The predicted octanol–water partition coefficient (Wildman–Crippen LogP) is 2.64. The van der Waals surface area contributed by atoms with Gasteiger partial charge in [0.1, 0.15) is 4.47 Å². The Morgan fingerprint density at radius 2 is 2.25 bits per heavy atom. The lowest BCUT2D eigenvalue weighted by Crippen LogP contribution is -2.25. The number of ether oxygens (including phenoxy) is 1. The number of unbranched alkanes of at least 4 members (excludes halogenated alkanes) is 2. The van der Waals surface area contributed by atoms with Gasteiger partial charge in [-0.05, 0) is 54.0 Å². The van der Waals surface area contributed by atoms with Gasteiger partial charge in [0.15, 0.2) is 0 Å². The van der Waals surface area contributed by atoms with Crippen molar-refractivity contribution in [3.63, 3.8) is 0 Å². The minimum Gasteiger partial charge on any atom is -0.385 e. The number of nitrogens with one attached hydrogen (secondary N) is 1. The lowest BCUT2D eigenvalue weighted by Gasteiger charge is -2.10. The molecule has 0 atom stereocenters. The molecule has 1 aliphatic carbocycles. The normalized spacial score (nSPS) is 14.5. The maximum absolute atomic E-state index is 12.1. The second kappa shape index (κ2) is 7.78. The Morgan fingerprint density at radius 3 is 2.95 bits per heavy atom. The quantitative estimate of drug-likeness (QED) is 0.700. The molecule has 6 heteroatoms. The van der Waals surface area contributed by atoms with Gasteiger partial charge in [-0.25, -0.2) is 4.68 Å². The maximum atomic E-state index is 12.1. The molecule has 112 valence electrons. The van der Waals surface area contributed by atoms with E-state index in [0.717, 1.165) is 44.6 Å². The Labute approximate surface area is 127 Å². The van der Waals surface area contributed by atoms with E-state index in [9.17, 15) is 4.79 Å². The van der Waals surface area contributed by atoms with E-state index in [0.29, 0.717) is 10.4 Å². The lowest BCUT2D eigenvalue weighted by atomic mass is 10.2. The van der Waals surface area contributed by atoms with Crippen LogP contribution in [0.3, 0.4) is 0 Å². The van der Waals surface area contributed by atoms with E-state index in [2.05, 4.69) is 26.3 Å². The molecule has 0 saturated heterocycles. The summed E-state index contributed by atoms with van der Waals surface area (Å²) in [6, 6.07) is 0. The predicted molar refractivity (Wildman–Crippen MR) is 83.1 cm³/mol. The van der Waals surface area contributed by atoms with Gasteiger partial charge in [0.25, 0.3) is 5.56 Å². The topological polar surface area (TPSA) is 56.1 Å². The van der Waals surface area contributed by atoms with Crippen LogP contribution >= 0.6 is 15.9 Å². The largest absolute Gasteiger partial charge is 0.385 e. The molecule has 1 saturated carbocycles. The van der Waals surface area contributed by atoms with Crippen LogP contribution in [-0.4, -0.2) is 30.0 Å². The summed E-state index contributed by atoms with van der Waals surface area (Å²) in [6.45, 7) is 2.40. The fraction of sp³-hybridized carbons (Fsp3) is 0.714. The van der Waals surface area contributed by atoms with Crippen molar-refractivity contribution in [1.29, 1.82) is 0 Å². The number of halogens is 1. The van der Waals surface area contributed by atoms with Gasteiger partial charge in [0.2, 0.25) is 0 Å². The summed E-state index contributed by atoms with van der Waals surface area (Å²) in [7, 11) is 1.72. The molecule has 0 bridgehead atoms. The van der Waals surface area contributed by atoms with Crippen molar-refractivity contribution in [2.45, 2.75) is 38.6 Å². The first-order valence-corrected chi connectivity index (χ1v) is 8.00. The molecule has 20 heavy (non-hydrogen) atoms. The third-order valence-electron chi connectivity index (χ3n) is 3.45. The Hall–Kier alpha value is -0.880. The summed E-state index contributed by atoms with van der Waals surface area (Å²) < 4.78 is 7.16. The Bertz CT molecular complexity index is 486. The van der Waals surface area contributed by atoms with Crippen LogP contribution in [0.2, 0.25) is 0 Å². The number of anilines is 1. The molecule has 1 aromatic heterocycles. The number of methoxy groups -OCH3 is 1. The van der Waals surface area contributed by atoms with Crippen LogP contribution < -0.4 is 10.9 Å². The van der Waals surface area contributed by atoms with Crippen LogP contribution in [0.4, 0.5) is 5.69 Å². The molecular formula is C14H22BrN3O2. The number of rotatable bonds is 9. The van der Waals surface area contributed by atoms with Gasteiger partial charge in [-0.15, -0.1) is 0 Å². The highest BCUT2D eigenvalue weighted by atomic mass is 79.9. The average molecular weight is 344 g/mol. The summed E-state index contributed by atoms with van der Waals surface area (Å²) >= 11 is 3.38. The fourth-order valence-corrected chi connectivity index (χ4v) is 2.48. The van der Waals surface area contributed by atoms with E-state index >= 15 is 0 Å². The molecule has 1 N–H and O–H groups in total. The molecule has 1 aliphatic rings. The minimum atomic E-state index is -0.0405. The average Bonchev–Trinajstić information content (AvgIpc) is 3.25. The van der Waals surface area contributed by atoms with Crippen molar-refractivity contribution in [3.8, 4) is 0 Å². The summed E-state index contributed by atoms with van der Waals surface area (Å²) in [5.41, 5.74) is 0.745. The third kappa shape index (κ3) is 4.59. The molecule has 5 nitrogen and oxygen atoms in total. The van der Waals surface area contributed by atoms with Crippen LogP contribution in [-0.2, 0) is 11.3 Å². The number of hydrogen-bond acceptors (Lipinski definition) is 4. The zero-order valence-corrected chi connectivity index (χ0v) is 13.5. The molecule has 0 amide bonds. The summed E-state index contributed by atoms with van der Waals surface area (Å²) in [5.74, 6) is 0.645. The van der Waals surface area contributed by atoms with Crippen molar-refractivity contribution in [3.05, 3.63) is 21.0 Å². The molecule has 0 radical (unpaired) electrons. The Balaban J connectivity index is 1.82. The number of hydrogen-bond donors (Lipinski definition) is 1. The first-order valence-electron chi connectivity index (χ1n) is 7.21. The second-order valence-electron chi connectivity index (χ2n) is 5.28. The Morgan fingerprint density at radius 1 is 1.45 bits per heavy atom. The zero-order valence-electron chi connectivity index (χ0n) is 11.9. The highest BCUT2D eigenvalue weighted by molar-refractivity contribution is 9.10. The third-order valence-corrected chi connectivity index (χ3v) is 4.22. The highest BCUT2D eigenvalue weighted by Gasteiger charge is 2.23. The lowest BCUT2D eigenvalue weighted by molar-refractivity contribution is 0.192. The van der Waals surface area contributed by atoms with Crippen molar-refractivity contribution in [2.24, 2.45) is 5.92 Å². The van der Waals surface area contributed by atoms with E-state index < -0.39 is 0 Å². The highest BCUT2D eigenvalue weighted by Crippen LogP contribution is 2.30. The summed E-state index contributed by atoms with van der Waals surface area (Å²) in [4.78, 5) is 12.1. The van der Waals surface area contributed by atoms with E-state index in [1.165, 1.54) is 12.8 Å². The molecule has 0 spiro atoms. The van der Waals surface area contributed by atoms with Crippen LogP contribution in [0, 0.1) is 5.92 Å². The molecule has 1 heterocycles. The fourth-order valence-electron chi connectivity index (χ4n) is 2.03. The van der Waals surface area contributed by atoms with Gasteiger partial charge in [0, 0.05) is 26.8 Å². The van der Waals surface area contributed by atoms with E-state index in [-0.39, 0.29) is 5.56 Å². The summed E-state index contributed by atoms with van der Waals surface area (Å²) in [6.07, 6.45) is 7.41. The number of nitrogens with zero attached hydrogens (tertiary/aromatic N) is 2. The van der Waals surface area contributed by atoms with Crippen LogP contribution in [0.5, 0.6) is 0 Å². The van der Waals surface area contributed by atoms with Crippen molar-refractivity contribution >= 4 is 21.6 Å². The van der Waals surface area contributed by atoms with E-state index in [1.54, 1.807) is 18.0 Å². The molecule has 1 aromatic rings. The second-order valence-corrected chi connectivity index (χ2v) is 6.08. The SMILES string of the molecule is COCCCCCNc1cnn(CC2CC2)c(=O)c1Br. The van der Waals surface area contributed by atoms with Crippen molar-refractivity contribution in [2.75, 3.05) is 25.6 Å². The smallest absolute Gasteiger partial charge is 0.283 e. The monoisotopic (exact) mass is 343 g/mol. The molecule has 0 aromatic carbocycles. The molecule has 0 unspecified atom stereocenters. The molecule has 0 aliphatic heterocycles. The maximum Gasteiger partial charge on any atom is 0.283 e. The van der Waals surface area contributed by atoms with Gasteiger partial charge in [-0.3, -0.25) is 4.79 Å². The van der Waals surface area contributed by atoms with Crippen LogP contribution in [0.25, 0.3) is 0 Å². The van der Waals surface area contributed by atoms with Crippen molar-refractivity contribution < 1.29 is 4.74 Å².